The van der Waals surface area contributed by atoms with Gasteiger partial charge in [0.2, 0.25) is 5.91 Å². The van der Waals surface area contributed by atoms with Crippen molar-refractivity contribution in [3.05, 3.63) is 40.9 Å². The molecule has 0 saturated carbocycles. The average molecular weight is 744 g/mol. The van der Waals surface area contributed by atoms with Gasteiger partial charge in [0.25, 0.3) is 0 Å². The number of rotatable bonds is 15. The summed E-state index contributed by atoms with van der Waals surface area (Å²) in [5.74, 6) is -1.37. The van der Waals surface area contributed by atoms with Gasteiger partial charge < -0.3 is 29.3 Å². The van der Waals surface area contributed by atoms with Crippen LogP contribution in [0.25, 0.3) is 22.0 Å². The lowest BCUT2D eigenvalue weighted by Gasteiger charge is -2.40. The molecule has 0 bridgehead atoms. The molecule has 280 valence electrons. The zero-order valence-electron chi connectivity index (χ0n) is 29.6. The maximum Gasteiger partial charge on any atom is 0.407 e. The summed E-state index contributed by atoms with van der Waals surface area (Å²) in [6.07, 6.45) is 3.93. The van der Waals surface area contributed by atoms with Gasteiger partial charge in [-0.05, 0) is 57.5 Å². The van der Waals surface area contributed by atoms with E-state index in [0.717, 1.165) is 32.2 Å². The number of nitrogens with zero attached hydrogens (tertiary/aromatic N) is 7. The molecule has 2 aliphatic heterocycles. The second-order valence-electron chi connectivity index (χ2n) is 13.0. The molecule has 2 atom stereocenters. The van der Waals surface area contributed by atoms with E-state index in [-0.39, 0.29) is 95.8 Å². The molecule has 3 aromatic rings. The summed E-state index contributed by atoms with van der Waals surface area (Å²) in [7, 11) is 4.99. The van der Waals surface area contributed by atoms with E-state index in [1.54, 1.807) is 18.0 Å². The van der Waals surface area contributed by atoms with Crippen LogP contribution in [0.3, 0.4) is 0 Å². The number of fused-ring (bicyclic) bond motifs is 1. The van der Waals surface area contributed by atoms with E-state index in [0.29, 0.717) is 19.3 Å². The molecule has 2 amide bonds. The van der Waals surface area contributed by atoms with Gasteiger partial charge in [0.05, 0.1) is 42.8 Å². The van der Waals surface area contributed by atoms with Crippen molar-refractivity contribution in [2.24, 2.45) is 0 Å². The number of carbonyl (C=O) groups excluding carboxylic acids is 1. The normalized spacial score (nSPS) is 17.7. The number of likely N-dealkylation sites (N-methyl/N-ethyl adjacent to an activating group) is 1. The number of aromatic nitrogens is 2. The Hall–Kier alpha value is -4.52. The van der Waals surface area contributed by atoms with E-state index in [1.807, 2.05) is 13.1 Å². The lowest BCUT2D eigenvalue weighted by atomic mass is 10.0. The number of hydrogen-bond donors (Lipinski definition) is 1. The SMILES string of the molecule is CON(C)C(=O)CCCCCCOc1cccc(F)c1-c1c(Cl)cc2c(N3CCN(C(=O)O)[C@@H](CC#N)C3)nc(OC[C@@H]3CCCN3C)nc2c1F. The molecular weight excluding hydrogens is 700 g/mol. The van der Waals surface area contributed by atoms with Gasteiger partial charge in [-0.15, -0.1) is 0 Å². The number of piperazine rings is 1. The number of hydroxylamine groups is 2. The first-order valence-electron chi connectivity index (χ1n) is 17.4. The number of carboxylic acid groups (broad SMARTS) is 1. The summed E-state index contributed by atoms with van der Waals surface area (Å²) < 4.78 is 44.6. The van der Waals surface area contributed by atoms with Gasteiger partial charge in [-0.3, -0.25) is 9.63 Å². The summed E-state index contributed by atoms with van der Waals surface area (Å²) in [5.41, 5.74) is -0.536. The van der Waals surface area contributed by atoms with Crippen LogP contribution in [0.15, 0.2) is 24.3 Å². The van der Waals surface area contributed by atoms with Gasteiger partial charge in [-0.2, -0.15) is 15.2 Å². The number of ether oxygens (including phenoxy) is 2. The van der Waals surface area contributed by atoms with Crippen LogP contribution in [0.1, 0.15) is 51.4 Å². The summed E-state index contributed by atoms with van der Waals surface area (Å²) in [5, 5.41) is 20.5. The standard InChI is InChI=1S/C36H44ClF2N7O6/c1-43-16-9-10-24(43)22-52-35-41-33-25(34(42-35)45-17-18-46(36(48)49)23(21-45)14-15-40)20-26(37)30(32(33)39)31-27(38)11-8-12-28(31)51-19-7-5-4-6-13-29(47)44(2)50-3/h8,11-12,20,23-24H,4-7,9-10,13-14,16-19,21-22H2,1-3H3,(H,48,49)/t23-,24-/m0/s1. The fourth-order valence-corrected chi connectivity index (χ4v) is 6.96. The number of carbonyl (C=O) groups is 2. The van der Waals surface area contributed by atoms with Crippen LogP contribution in [-0.4, -0.2) is 115 Å². The molecule has 3 heterocycles. The Morgan fingerprint density at radius 2 is 1.88 bits per heavy atom. The van der Waals surface area contributed by atoms with Gasteiger partial charge >= 0.3 is 12.1 Å². The second kappa shape index (κ2) is 17.8. The monoisotopic (exact) mass is 743 g/mol. The minimum atomic E-state index is -1.14. The zero-order valence-corrected chi connectivity index (χ0v) is 30.4. The van der Waals surface area contributed by atoms with Crippen LogP contribution < -0.4 is 14.4 Å². The summed E-state index contributed by atoms with van der Waals surface area (Å²) >= 11 is 6.78. The minimum absolute atomic E-state index is 0.0514. The topological polar surface area (TPSA) is 145 Å². The maximum atomic E-state index is 16.9. The molecule has 16 heteroatoms. The number of nitriles is 1. The molecule has 13 nitrogen and oxygen atoms in total. The van der Waals surface area contributed by atoms with Crippen molar-refractivity contribution in [3.8, 4) is 29.0 Å². The fraction of sp³-hybridized carbons (Fsp3) is 0.528. The third kappa shape index (κ3) is 8.91. The lowest BCUT2D eigenvalue weighted by Crippen LogP contribution is -2.55. The van der Waals surface area contributed by atoms with E-state index in [2.05, 4.69) is 14.9 Å². The summed E-state index contributed by atoms with van der Waals surface area (Å²) in [6.45, 7) is 1.81. The first-order valence-corrected chi connectivity index (χ1v) is 17.8. The van der Waals surface area contributed by atoms with Crippen LogP contribution in [0.4, 0.5) is 19.4 Å². The van der Waals surface area contributed by atoms with Crippen molar-refractivity contribution in [1.29, 1.82) is 5.26 Å². The van der Waals surface area contributed by atoms with Crippen molar-refractivity contribution in [1.82, 2.24) is 24.8 Å². The Morgan fingerprint density at radius 1 is 1.10 bits per heavy atom. The Balaban J connectivity index is 1.45. The number of hydrogen-bond acceptors (Lipinski definition) is 10. The van der Waals surface area contributed by atoms with Crippen molar-refractivity contribution in [2.45, 2.75) is 63.5 Å². The highest BCUT2D eigenvalue weighted by Gasteiger charge is 2.33. The molecule has 2 fully saturated rings. The van der Waals surface area contributed by atoms with Crippen molar-refractivity contribution < 1.29 is 37.8 Å². The molecule has 2 saturated heterocycles. The number of halogens is 3. The van der Waals surface area contributed by atoms with Crippen molar-refractivity contribution in [2.75, 3.05) is 65.5 Å². The molecule has 1 N–H and O–H groups in total. The fourth-order valence-electron chi connectivity index (χ4n) is 6.68. The van der Waals surface area contributed by atoms with E-state index in [9.17, 15) is 20.0 Å². The lowest BCUT2D eigenvalue weighted by molar-refractivity contribution is -0.168. The molecule has 1 aromatic heterocycles. The molecule has 2 aromatic carbocycles. The van der Waals surface area contributed by atoms with Gasteiger partial charge in [0.15, 0.2) is 5.82 Å². The van der Waals surface area contributed by atoms with Gasteiger partial charge in [-0.25, -0.2) is 18.6 Å². The van der Waals surface area contributed by atoms with E-state index in [1.165, 1.54) is 35.3 Å². The third-order valence-electron chi connectivity index (χ3n) is 9.67. The van der Waals surface area contributed by atoms with E-state index < -0.39 is 23.8 Å². The number of benzene rings is 2. The highest BCUT2D eigenvalue weighted by atomic mass is 35.5. The smallest absolute Gasteiger partial charge is 0.407 e. The Kier molecular flexibility index (Phi) is 13.3. The number of unbranched alkanes of at least 4 members (excludes halogenated alkanes) is 3. The Bertz CT molecular complexity index is 1800. The molecular formula is C36H44ClF2N7O6. The molecule has 5 rings (SSSR count). The molecule has 52 heavy (non-hydrogen) atoms. The highest BCUT2D eigenvalue weighted by molar-refractivity contribution is 6.34. The highest BCUT2D eigenvalue weighted by Crippen LogP contribution is 2.43. The van der Waals surface area contributed by atoms with Crippen LogP contribution in [0.5, 0.6) is 11.8 Å². The molecule has 0 spiro atoms. The zero-order chi connectivity index (χ0) is 37.4. The average Bonchev–Trinajstić information content (AvgIpc) is 3.54. The predicted octanol–water partition coefficient (Wildman–Crippen LogP) is 6.13. The van der Waals surface area contributed by atoms with Crippen LogP contribution in [0.2, 0.25) is 5.02 Å². The predicted molar refractivity (Wildman–Crippen MR) is 190 cm³/mol. The minimum Gasteiger partial charge on any atom is -0.493 e. The Labute approximate surface area is 306 Å². The van der Waals surface area contributed by atoms with Crippen molar-refractivity contribution >= 4 is 40.3 Å². The van der Waals surface area contributed by atoms with Crippen LogP contribution >= 0.6 is 11.6 Å². The maximum absolute atomic E-state index is 16.9. The first-order chi connectivity index (χ1) is 25.0. The van der Waals surface area contributed by atoms with Gasteiger partial charge in [-0.1, -0.05) is 30.5 Å². The van der Waals surface area contributed by atoms with Crippen molar-refractivity contribution in [3.63, 3.8) is 0 Å². The Morgan fingerprint density at radius 3 is 2.60 bits per heavy atom. The third-order valence-corrected chi connectivity index (χ3v) is 9.96. The summed E-state index contributed by atoms with van der Waals surface area (Å²) in [4.78, 5) is 43.0. The largest absolute Gasteiger partial charge is 0.493 e. The van der Waals surface area contributed by atoms with E-state index in [4.69, 9.17) is 25.9 Å². The number of amides is 2. The van der Waals surface area contributed by atoms with Gasteiger partial charge in [0.1, 0.15) is 29.5 Å². The quantitative estimate of drug-likeness (QED) is 0.142. The molecule has 0 aliphatic carbocycles. The van der Waals surface area contributed by atoms with Crippen LogP contribution in [0, 0.1) is 23.0 Å². The molecule has 0 unspecified atom stereocenters. The van der Waals surface area contributed by atoms with Gasteiger partial charge in [0, 0.05) is 50.1 Å². The summed E-state index contributed by atoms with van der Waals surface area (Å²) in [6, 6.07) is 7.11. The van der Waals surface area contributed by atoms with Crippen LogP contribution in [-0.2, 0) is 9.63 Å². The molecule has 0 radical (unpaired) electrons. The second-order valence-corrected chi connectivity index (χ2v) is 13.4. The first kappa shape index (κ1) is 38.7. The number of anilines is 1. The van der Waals surface area contributed by atoms with E-state index >= 15 is 8.78 Å². The number of likely N-dealkylation sites (tertiary alicyclic amines) is 1. The molecule has 2 aliphatic rings.